The van der Waals surface area contributed by atoms with Gasteiger partial charge in [-0.3, -0.25) is 4.79 Å². The molecule has 0 bridgehead atoms. The SMILES string of the molecule is CC(C(=O)N(C)c1ccccc1)S(=O)(=O)Cc1coc(-c2cccs2)n1. The summed E-state index contributed by atoms with van der Waals surface area (Å²) in [5, 5.41) is 0.699. The molecule has 0 spiro atoms. The second-order valence-corrected chi connectivity index (χ2v) is 9.07. The van der Waals surface area contributed by atoms with Crippen LogP contribution >= 0.6 is 11.3 Å². The van der Waals surface area contributed by atoms with E-state index in [2.05, 4.69) is 4.98 Å². The number of anilines is 1. The topological polar surface area (TPSA) is 80.5 Å². The van der Waals surface area contributed by atoms with Gasteiger partial charge in [0.1, 0.15) is 11.5 Å². The molecule has 0 aliphatic carbocycles. The Morgan fingerprint density at radius 2 is 1.96 bits per heavy atom. The van der Waals surface area contributed by atoms with Gasteiger partial charge in [-0.15, -0.1) is 11.3 Å². The van der Waals surface area contributed by atoms with E-state index in [9.17, 15) is 13.2 Å². The summed E-state index contributed by atoms with van der Waals surface area (Å²) in [6.07, 6.45) is 1.32. The van der Waals surface area contributed by atoms with Crippen molar-refractivity contribution >= 4 is 32.8 Å². The second kappa shape index (κ2) is 7.43. The van der Waals surface area contributed by atoms with E-state index in [-0.39, 0.29) is 11.4 Å². The normalized spacial score (nSPS) is 12.7. The molecular formula is C18H18N2O4S2. The summed E-state index contributed by atoms with van der Waals surface area (Å²) < 4.78 is 30.6. The zero-order valence-electron chi connectivity index (χ0n) is 14.3. The van der Waals surface area contributed by atoms with Crippen LogP contribution in [-0.2, 0) is 20.4 Å². The lowest BCUT2D eigenvalue weighted by atomic mass is 10.3. The summed E-state index contributed by atoms with van der Waals surface area (Å²) in [4.78, 5) is 19.0. The molecule has 0 saturated carbocycles. The molecule has 0 aliphatic heterocycles. The molecule has 6 nitrogen and oxygen atoms in total. The predicted molar refractivity (Wildman–Crippen MR) is 102 cm³/mol. The number of rotatable bonds is 6. The van der Waals surface area contributed by atoms with E-state index < -0.39 is 21.0 Å². The van der Waals surface area contributed by atoms with Gasteiger partial charge in [-0.1, -0.05) is 24.3 Å². The molecule has 3 rings (SSSR count). The van der Waals surface area contributed by atoms with Crippen LogP contribution in [0.5, 0.6) is 0 Å². The highest BCUT2D eigenvalue weighted by Crippen LogP contribution is 2.25. The van der Waals surface area contributed by atoms with Gasteiger partial charge >= 0.3 is 0 Å². The van der Waals surface area contributed by atoms with Crippen molar-refractivity contribution in [1.29, 1.82) is 0 Å². The Bertz CT molecular complexity index is 979. The maximum Gasteiger partial charge on any atom is 0.244 e. The van der Waals surface area contributed by atoms with E-state index in [1.54, 1.807) is 31.3 Å². The first-order chi connectivity index (χ1) is 12.4. The molecule has 136 valence electrons. The van der Waals surface area contributed by atoms with Crippen LogP contribution < -0.4 is 4.90 Å². The molecule has 1 unspecified atom stereocenters. The number of thiophene rings is 1. The van der Waals surface area contributed by atoms with E-state index in [0.717, 1.165) is 4.88 Å². The molecule has 1 amide bonds. The third kappa shape index (κ3) is 3.86. The van der Waals surface area contributed by atoms with E-state index in [0.29, 0.717) is 11.6 Å². The first-order valence-corrected chi connectivity index (χ1v) is 10.5. The fourth-order valence-electron chi connectivity index (χ4n) is 2.42. The van der Waals surface area contributed by atoms with Crippen LogP contribution in [-0.4, -0.2) is 31.6 Å². The molecule has 0 N–H and O–H groups in total. The predicted octanol–water partition coefficient (Wildman–Crippen LogP) is 3.37. The highest BCUT2D eigenvalue weighted by molar-refractivity contribution is 7.92. The highest BCUT2D eigenvalue weighted by atomic mass is 32.2. The zero-order chi connectivity index (χ0) is 18.7. The van der Waals surface area contributed by atoms with Gasteiger partial charge < -0.3 is 9.32 Å². The number of nitrogens with zero attached hydrogens (tertiary/aromatic N) is 2. The van der Waals surface area contributed by atoms with Gasteiger partial charge in [0.25, 0.3) is 0 Å². The Labute approximate surface area is 156 Å². The lowest BCUT2D eigenvalue weighted by molar-refractivity contribution is -0.117. The first kappa shape index (κ1) is 18.3. The zero-order valence-corrected chi connectivity index (χ0v) is 16.0. The van der Waals surface area contributed by atoms with E-state index in [1.165, 1.54) is 29.4 Å². The molecule has 0 radical (unpaired) electrons. The van der Waals surface area contributed by atoms with Crippen LogP contribution in [0, 0.1) is 0 Å². The number of hydrogen-bond donors (Lipinski definition) is 0. The second-order valence-electron chi connectivity index (χ2n) is 5.80. The van der Waals surface area contributed by atoms with Crippen LogP contribution in [0.2, 0.25) is 0 Å². The summed E-state index contributed by atoms with van der Waals surface area (Å²) in [5.41, 5.74) is 0.927. The molecule has 8 heteroatoms. The van der Waals surface area contributed by atoms with Gasteiger partial charge in [0.05, 0.1) is 16.3 Å². The Balaban J connectivity index is 1.74. The number of oxazole rings is 1. The third-order valence-electron chi connectivity index (χ3n) is 3.99. The van der Waals surface area contributed by atoms with Crippen LogP contribution in [0.1, 0.15) is 12.6 Å². The number of benzene rings is 1. The molecule has 1 atom stereocenters. The van der Waals surface area contributed by atoms with E-state index in [4.69, 9.17) is 4.42 Å². The van der Waals surface area contributed by atoms with Crippen molar-refractivity contribution in [3.8, 4) is 10.8 Å². The minimum atomic E-state index is -3.73. The first-order valence-electron chi connectivity index (χ1n) is 7.91. The summed E-state index contributed by atoms with van der Waals surface area (Å²) in [7, 11) is -2.17. The molecular weight excluding hydrogens is 372 g/mol. The minimum absolute atomic E-state index is 0.287. The summed E-state index contributed by atoms with van der Waals surface area (Å²) >= 11 is 1.45. The van der Waals surface area contributed by atoms with Crippen molar-refractivity contribution in [2.75, 3.05) is 11.9 Å². The lowest BCUT2D eigenvalue weighted by Crippen LogP contribution is -2.39. The van der Waals surface area contributed by atoms with Crippen LogP contribution in [0.15, 0.2) is 58.5 Å². The molecule has 2 heterocycles. The molecule has 26 heavy (non-hydrogen) atoms. The van der Waals surface area contributed by atoms with Gasteiger partial charge in [0.2, 0.25) is 11.8 Å². The van der Waals surface area contributed by atoms with Gasteiger partial charge in [-0.25, -0.2) is 13.4 Å². The molecule has 1 aromatic carbocycles. The fourth-order valence-corrected chi connectivity index (χ4v) is 4.34. The van der Waals surface area contributed by atoms with Crippen LogP contribution in [0.4, 0.5) is 5.69 Å². The molecule has 3 aromatic rings. The average Bonchev–Trinajstić information content (AvgIpc) is 3.31. The largest absolute Gasteiger partial charge is 0.444 e. The standard InChI is InChI=1S/C18H18N2O4S2/c1-13(18(21)20(2)15-7-4-3-5-8-15)26(22,23)12-14-11-24-17(19-14)16-9-6-10-25-16/h3-11,13H,12H2,1-2H3. The maximum atomic E-state index is 12.6. The molecule has 0 fully saturated rings. The highest BCUT2D eigenvalue weighted by Gasteiger charge is 2.32. The molecule has 0 saturated heterocycles. The van der Waals surface area contributed by atoms with Crippen molar-refractivity contribution in [2.45, 2.75) is 17.9 Å². The number of aromatic nitrogens is 1. The Kier molecular flexibility index (Phi) is 5.24. The number of sulfone groups is 1. The van der Waals surface area contributed by atoms with Gasteiger partial charge in [-0.2, -0.15) is 0 Å². The van der Waals surface area contributed by atoms with Crippen molar-refractivity contribution in [3.05, 3.63) is 59.8 Å². The lowest BCUT2D eigenvalue weighted by Gasteiger charge is -2.21. The van der Waals surface area contributed by atoms with Crippen molar-refractivity contribution in [3.63, 3.8) is 0 Å². The van der Waals surface area contributed by atoms with Crippen LogP contribution in [0.3, 0.4) is 0 Å². The average molecular weight is 390 g/mol. The number of amides is 1. The van der Waals surface area contributed by atoms with Gasteiger partial charge in [-0.05, 0) is 30.5 Å². The Morgan fingerprint density at radius 3 is 2.62 bits per heavy atom. The Hall–Kier alpha value is -2.45. The maximum absolute atomic E-state index is 12.6. The number of para-hydroxylation sites is 1. The number of hydrogen-bond acceptors (Lipinski definition) is 6. The summed E-state index contributed by atoms with van der Waals surface area (Å²) in [6.45, 7) is 1.40. The van der Waals surface area contributed by atoms with Crippen molar-refractivity contribution in [2.24, 2.45) is 0 Å². The number of carbonyl (C=O) groups is 1. The van der Waals surface area contributed by atoms with Crippen molar-refractivity contribution in [1.82, 2.24) is 4.98 Å². The molecule has 2 aromatic heterocycles. The van der Waals surface area contributed by atoms with Gasteiger partial charge in [0.15, 0.2) is 9.84 Å². The fraction of sp³-hybridized carbons (Fsp3) is 0.222. The van der Waals surface area contributed by atoms with E-state index in [1.807, 2.05) is 23.6 Å². The quantitative estimate of drug-likeness (QED) is 0.645. The number of carbonyl (C=O) groups excluding carboxylic acids is 1. The van der Waals surface area contributed by atoms with Crippen LogP contribution in [0.25, 0.3) is 10.8 Å². The summed E-state index contributed by atoms with van der Waals surface area (Å²) in [5.74, 6) is -0.457. The molecule has 0 aliphatic rings. The Morgan fingerprint density at radius 1 is 1.23 bits per heavy atom. The minimum Gasteiger partial charge on any atom is -0.444 e. The summed E-state index contributed by atoms with van der Waals surface area (Å²) in [6, 6.07) is 12.6. The monoisotopic (exact) mass is 390 g/mol. The smallest absolute Gasteiger partial charge is 0.244 e. The third-order valence-corrected chi connectivity index (χ3v) is 6.83. The van der Waals surface area contributed by atoms with Crippen molar-refractivity contribution < 1.29 is 17.6 Å². The van der Waals surface area contributed by atoms with E-state index >= 15 is 0 Å². The van der Waals surface area contributed by atoms with Gasteiger partial charge in [0, 0.05) is 12.7 Å².